The largest absolute Gasteiger partial charge is 0.387 e. The first kappa shape index (κ1) is 18.4. The number of β-amino-alcohol motifs (C(OH)–C–C–N with tert-alkyl or cyclic N) is 1. The first-order valence-electron chi connectivity index (χ1n) is 9.45. The fraction of sp³-hybridized carbons (Fsp3) is 0.455. The summed E-state index contributed by atoms with van der Waals surface area (Å²) >= 11 is 0. The molecule has 5 heteroatoms. The topological polar surface area (TPSA) is 28.4 Å². The van der Waals surface area contributed by atoms with Gasteiger partial charge in [-0.25, -0.2) is 8.78 Å². The van der Waals surface area contributed by atoms with Gasteiger partial charge in [-0.2, -0.15) is 0 Å². The van der Waals surface area contributed by atoms with Gasteiger partial charge in [0, 0.05) is 34.9 Å². The smallest absolute Gasteiger partial charge is 0.123 e. The van der Waals surface area contributed by atoms with Crippen LogP contribution in [0.1, 0.15) is 27.2 Å². The van der Waals surface area contributed by atoms with Crippen molar-refractivity contribution in [1.82, 2.24) is 9.47 Å². The molecule has 0 saturated carbocycles. The fourth-order valence-electron chi connectivity index (χ4n) is 4.45. The van der Waals surface area contributed by atoms with Crippen LogP contribution in [0.4, 0.5) is 8.78 Å². The van der Waals surface area contributed by atoms with E-state index < -0.39 is 5.60 Å². The zero-order chi connectivity index (χ0) is 19.4. The molecule has 1 aliphatic rings. The van der Waals surface area contributed by atoms with Crippen LogP contribution < -0.4 is 0 Å². The van der Waals surface area contributed by atoms with E-state index in [9.17, 15) is 13.9 Å². The van der Waals surface area contributed by atoms with Crippen LogP contribution in [0.3, 0.4) is 0 Å². The summed E-state index contributed by atoms with van der Waals surface area (Å²) in [6.45, 7) is 9.21. The molecular formula is C22H26F2N2O. The zero-order valence-corrected chi connectivity index (χ0v) is 16.1. The Labute approximate surface area is 158 Å². The maximum atomic E-state index is 13.8. The van der Waals surface area contributed by atoms with Gasteiger partial charge in [-0.05, 0) is 61.7 Å². The minimum Gasteiger partial charge on any atom is -0.387 e. The Bertz CT molecular complexity index is 947. The van der Waals surface area contributed by atoms with Crippen molar-refractivity contribution in [3.63, 3.8) is 0 Å². The van der Waals surface area contributed by atoms with Crippen molar-refractivity contribution in [2.24, 2.45) is 5.41 Å². The minimum atomic E-state index is -0.956. The van der Waals surface area contributed by atoms with E-state index in [1.165, 1.54) is 24.3 Å². The van der Waals surface area contributed by atoms with Gasteiger partial charge >= 0.3 is 0 Å². The summed E-state index contributed by atoms with van der Waals surface area (Å²) in [5.74, 6) is -0.700. The molecule has 0 radical (unpaired) electrons. The van der Waals surface area contributed by atoms with E-state index in [0.717, 1.165) is 30.5 Å². The summed E-state index contributed by atoms with van der Waals surface area (Å²) in [4.78, 5) is 2.30. The van der Waals surface area contributed by atoms with Gasteiger partial charge in [-0.1, -0.05) is 13.8 Å². The summed E-state index contributed by atoms with van der Waals surface area (Å²) in [5, 5.41) is 12.5. The Morgan fingerprint density at radius 1 is 1.00 bits per heavy atom. The number of aromatic nitrogens is 1. The van der Waals surface area contributed by atoms with Crippen molar-refractivity contribution in [2.75, 3.05) is 19.6 Å². The minimum absolute atomic E-state index is 0.276. The highest BCUT2D eigenvalue weighted by Crippen LogP contribution is 2.33. The maximum Gasteiger partial charge on any atom is 0.123 e. The summed E-state index contributed by atoms with van der Waals surface area (Å²) < 4.78 is 29.6. The van der Waals surface area contributed by atoms with Crippen molar-refractivity contribution < 1.29 is 13.9 Å². The second kappa shape index (κ2) is 6.28. The molecule has 4 rings (SSSR count). The van der Waals surface area contributed by atoms with Crippen LogP contribution in [0, 0.1) is 17.0 Å². The molecule has 1 atom stereocenters. The molecule has 1 fully saturated rings. The van der Waals surface area contributed by atoms with E-state index >= 15 is 0 Å². The molecule has 1 aromatic heterocycles. The molecule has 0 spiro atoms. The molecule has 1 aliphatic heterocycles. The van der Waals surface area contributed by atoms with Gasteiger partial charge in [0.1, 0.15) is 11.6 Å². The molecule has 2 aromatic carbocycles. The van der Waals surface area contributed by atoms with Gasteiger partial charge in [0.15, 0.2) is 0 Å². The molecule has 1 N–H and O–H groups in total. The predicted molar refractivity (Wildman–Crippen MR) is 105 cm³/mol. The average molecular weight is 372 g/mol. The Morgan fingerprint density at radius 3 is 2.04 bits per heavy atom. The Hall–Kier alpha value is -1.98. The maximum absolute atomic E-state index is 13.8. The van der Waals surface area contributed by atoms with Crippen LogP contribution >= 0.6 is 0 Å². The molecule has 3 nitrogen and oxygen atoms in total. The molecule has 1 unspecified atom stereocenters. The molecule has 1 saturated heterocycles. The van der Waals surface area contributed by atoms with E-state index in [1.54, 1.807) is 12.1 Å². The van der Waals surface area contributed by atoms with Crippen molar-refractivity contribution in [1.29, 1.82) is 0 Å². The quantitative estimate of drug-likeness (QED) is 0.727. The van der Waals surface area contributed by atoms with Gasteiger partial charge in [-0.15, -0.1) is 0 Å². The lowest BCUT2D eigenvalue weighted by molar-refractivity contribution is 0.0109. The van der Waals surface area contributed by atoms with Crippen molar-refractivity contribution in [3.8, 4) is 0 Å². The Balaban J connectivity index is 1.72. The number of aliphatic hydroxyl groups is 1. The predicted octanol–water partition coefficient (Wildman–Crippen LogP) is 4.56. The van der Waals surface area contributed by atoms with Crippen molar-refractivity contribution in [3.05, 3.63) is 48.0 Å². The Morgan fingerprint density at radius 2 is 1.56 bits per heavy atom. The van der Waals surface area contributed by atoms with E-state index in [0.29, 0.717) is 23.9 Å². The lowest BCUT2D eigenvalue weighted by Gasteiger charge is -2.30. The molecular weight excluding hydrogens is 346 g/mol. The van der Waals surface area contributed by atoms with Gasteiger partial charge in [0.05, 0.1) is 12.1 Å². The standard InChI is InChI=1S/C22H26F2N2O/c1-21(2)8-9-25(12-21)13-22(3,27)14-26-19-6-4-15(23)10-17(19)18-11-16(24)5-7-20(18)26/h4-7,10-11,27H,8-9,12-14H2,1-3H3. The van der Waals surface area contributed by atoms with Gasteiger partial charge in [0.25, 0.3) is 0 Å². The van der Waals surface area contributed by atoms with Crippen molar-refractivity contribution >= 4 is 21.8 Å². The highest BCUT2D eigenvalue weighted by molar-refractivity contribution is 6.08. The van der Waals surface area contributed by atoms with E-state index in [2.05, 4.69) is 18.7 Å². The number of halogens is 2. The SMILES string of the molecule is CC1(C)CCN(CC(C)(O)Cn2c3ccc(F)cc3c3cc(F)ccc32)C1. The van der Waals surface area contributed by atoms with Crippen LogP contribution in [0.2, 0.25) is 0 Å². The average Bonchev–Trinajstić information content (AvgIpc) is 3.04. The summed E-state index contributed by atoms with van der Waals surface area (Å²) in [7, 11) is 0. The fourth-order valence-corrected chi connectivity index (χ4v) is 4.45. The van der Waals surface area contributed by atoms with Gasteiger partial charge < -0.3 is 9.67 Å². The molecule has 0 aliphatic carbocycles. The molecule has 144 valence electrons. The van der Waals surface area contributed by atoms with Crippen LogP contribution in [0.25, 0.3) is 21.8 Å². The van der Waals surface area contributed by atoms with Gasteiger partial charge in [0.2, 0.25) is 0 Å². The third kappa shape index (κ3) is 3.58. The van der Waals surface area contributed by atoms with E-state index in [1.807, 2.05) is 11.5 Å². The number of nitrogens with zero attached hydrogens (tertiary/aromatic N) is 2. The number of fused-ring (bicyclic) bond motifs is 3. The van der Waals surface area contributed by atoms with E-state index in [4.69, 9.17) is 0 Å². The number of hydrogen-bond acceptors (Lipinski definition) is 2. The molecule has 0 bridgehead atoms. The van der Waals surface area contributed by atoms with Gasteiger partial charge in [-0.3, -0.25) is 4.90 Å². The van der Waals surface area contributed by atoms with Crippen LogP contribution in [-0.2, 0) is 6.54 Å². The second-order valence-corrected chi connectivity index (χ2v) is 9.03. The summed E-state index contributed by atoms with van der Waals surface area (Å²) in [6.07, 6.45) is 1.12. The number of likely N-dealkylation sites (tertiary alicyclic amines) is 1. The van der Waals surface area contributed by atoms with E-state index in [-0.39, 0.29) is 17.0 Å². The lowest BCUT2D eigenvalue weighted by Crippen LogP contribution is -2.43. The van der Waals surface area contributed by atoms with Crippen LogP contribution in [0.5, 0.6) is 0 Å². The first-order valence-corrected chi connectivity index (χ1v) is 9.45. The van der Waals surface area contributed by atoms with Crippen molar-refractivity contribution in [2.45, 2.75) is 39.3 Å². The highest BCUT2D eigenvalue weighted by Gasteiger charge is 2.34. The zero-order valence-electron chi connectivity index (χ0n) is 16.1. The van der Waals surface area contributed by atoms with Crippen LogP contribution in [-0.4, -0.2) is 39.8 Å². The molecule has 2 heterocycles. The number of hydrogen-bond donors (Lipinski definition) is 1. The first-order chi connectivity index (χ1) is 12.6. The highest BCUT2D eigenvalue weighted by atomic mass is 19.1. The Kier molecular flexibility index (Phi) is 4.28. The number of rotatable bonds is 4. The third-order valence-corrected chi connectivity index (χ3v) is 5.61. The molecule has 0 amide bonds. The van der Waals surface area contributed by atoms with Crippen LogP contribution in [0.15, 0.2) is 36.4 Å². The summed E-state index contributed by atoms with van der Waals surface area (Å²) in [6, 6.07) is 9.10. The normalized spacial score (nSPS) is 19.8. The second-order valence-electron chi connectivity index (χ2n) is 9.03. The number of benzene rings is 2. The monoisotopic (exact) mass is 372 g/mol. The third-order valence-electron chi connectivity index (χ3n) is 5.61. The molecule has 3 aromatic rings. The summed E-state index contributed by atoms with van der Waals surface area (Å²) in [5.41, 5.74) is 0.929. The lowest BCUT2D eigenvalue weighted by atomic mass is 9.93. The molecule has 27 heavy (non-hydrogen) atoms.